The predicted octanol–water partition coefficient (Wildman–Crippen LogP) is 2.96. The maximum absolute atomic E-state index is 11.4. The minimum absolute atomic E-state index is 0.485. The Hall–Kier alpha value is -0.740. The molecule has 0 radical (unpaired) electrons. The smallest absolute Gasteiger partial charge is 0.345 e. The normalized spacial score (nSPS) is 12.5. The van der Waals surface area contributed by atoms with Crippen LogP contribution in [0, 0.1) is 0 Å². The molecule has 0 bridgehead atoms. The third-order valence-corrected chi connectivity index (χ3v) is 2.42. The fourth-order valence-corrected chi connectivity index (χ4v) is 1.54. The summed E-state index contributed by atoms with van der Waals surface area (Å²) >= 11 is 10.8. The first-order valence-corrected chi connectivity index (χ1v) is 5.39. The lowest BCUT2D eigenvalue weighted by atomic mass is 10.1. The Bertz CT molecular complexity index is 328. The standard InChI is InChI=1S/C9H12Cl2N2O2/c1-2-3-4-8(9(14)15-11)13-6-7(10)5-12-13/h5-6,8H,2-4H2,1H3. The fourth-order valence-electron chi connectivity index (χ4n) is 1.29. The lowest BCUT2D eigenvalue weighted by Crippen LogP contribution is -2.20. The zero-order chi connectivity index (χ0) is 11.3. The number of nitrogens with zero attached hydrogens (tertiary/aromatic N) is 2. The van der Waals surface area contributed by atoms with E-state index in [9.17, 15) is 4.79 Å². The van der Waals surface area contributed by atoms with Crippen LogP contribution in [-0.2, 0) is 9.08 Å². The molecular formula is C9H12Cl2N2O2. The van der Waals surface area contributed by atoms with Gasteiger partial charge in [-0.2, -0.15) is 5.10 Å². The van der Waals surface area contributed by atoms with E-state index in [1.807, 2.05) is 6.92 Å². The van der Waals surface area contributed by atoms with Crippen LogP contribution in [0.5, 0.6) is 0 Å². The van der Waals surface area contributed by atoms with Gasteiger partial charge >= 0.3 is 5.97 Å². The van der Waals surface area contributed by atoms with E-state index >= 15 is 0 Å². The second kappa shape index (κ2) is 5.98. The van der Waals surface area contributed by atoms with Gasteiger partial charge in [-0.3, -0.25) is 4.68 Å². The summed E-state index contributed by atoms with van der Waals surface area (Å²) in [7, 11) is 0. The molecule has 15 heavy (non-hydrogen) atoms. The van der Waals surface area contributed by atoms with Crippen LogP contribution < -0.4 is 0 Å². The number of carbonyl (C=O) groups excluding carboxylic acids is 1. The maximum atomic E-state index is 11.4. The van der Waals surface area contributed by atoms with Crippen LogP contribution in [-0.4, -0.2) is 15.7 Å². The second-order valence-corrected chi connectivity index (χ2v) is 3.78. The van der Waals surface area contributed by atoms with Crippen molar-refractivity contribution >= 4 is 29.4 Å². The Kier molecular flexibility index (Phi) is 4.91. The van der Waals surface area contributed by atoms with Crippen molar-refractivity contribution in [2.45, 2.75) is 32.2 Å². The van der Waals surface area contributed by atoms with Gasteiger partial charge in [-0.15, -0.1) is 0 Å². The van der Waals surface area contributed by atoms with Crippen molar-refractivity contribution in [3.05, 3.63) is 17.4 Å². The van der Waals surface area contributed by atoms with Gasteiger partial charge < -0.3 is 4.29 Å². The van der Waals surface area contributed by atoms with Crippen molar-refractivity contribution < 1.29 is 9.08 Å². The van der Waals surface area contributed by atoms with Gasteiger partial charge in [0.25, 0.3) is 0 Å². The first-order chi connectivity index (χ1) is 7.19. The van der Waals surface area contributed by atoms with Crippen LogP contribution in [0.15, 0.2) is 12.4 Å². The van der Waals surface area contributed by atoms with Gasteiger partial charge in [0.05, 0.1) is 11.2 Å². The number of hydrogen-bond acceptors (Lipinski definition) is 3. The molecule has 6 heteroatoms. The molecule has 0 saturated heterocycles. The van der Waals surface area contributed by atoms with Crippen molar-refractivity contribution in [2.24, 2.45) is 0 Å². The summed E-state index contributed by atoms with van der Waals surface area (Å²) in [5, 5.41) is 4.45. The minimum atomic E-state index is -0.509. The van der Waals surface area contributed by atoms with Crippen LogP contribution in [0.1, 0.15) is 32.2 Å². The van der Waals surface area contributed by atoms with Crippen molar-refractivity contribution in [1.29, 1.82) is 0 Å². The lowest BCUT2D eigenvalue weighted by Gasteiger charge is -2.12. The van der Waals surface area contributed by atoms with Crippen LogP contribution in [0.25, 0.3) is 0 Å². The Morgan fingerprint density at radius 2 is 2.47 bits per heavy atom. The summed E-state index contributed by atoms with van der Waals surface area (Å²) in [5.74, 6) is -0.509. The summed E-state index contributed by atoms with van der Waals surface area (Å²) in [6.07, 6.45) is 5.58. The van der Waals surface area contributed by atoms with Gasteiger partial charge in [-0.05, 0) is 6.42 Å². The molecule has 1 unspecified atom stereocenters. The zero-order valence-electron chi connectivity index (χ0n) is 8.32. The summed E-state index contributed by atoms with van der Waals surface area (Å²) in [4.78, 5) is 11.4. The van der Waals surface area contributed by atoms with Gasteiger partial charge in [0.1, 0.15) is 11.9 Å². The van der Waals surface area contributed by atoms with Gasteiger partial charge in [0, 0.05) is 6.20 Å². The van der Waals surface area contributed by atoms with Crippen molar-refractivity contribution in [1.82, 2.24) is 9.78 Å². The SMILES string of the molecule is CCCCC(C(=O)OCl)n1cc(Cl)cn1. The molecule has 1 atom stereocenters. The number of aromatic nitrogens is 2. The maximum Gasteiger partial charge on any atom is 0.349 e. The van der Waals surface area contributed by atoms with Crippen LogP contribution in [0.2, 0.25) is 5.02 Å². The molecule has 0 amide bonds. The Morgan fingerprint density at radius 3 is 2.93 bits per heavy atom. The lowest BCUT2D eigenvalue weighted by molar-refractivity contribution is -0.138. The molecule has 0 aromatic carbocycles. The Labute approximate surface area is 98.3 Å². The molecule has 0 aliphatic rings. The largest absolute Gasteiger partial charge is 0.349 e. The van der Waals surface area contributed by atoms with Crippen molar-refractivity contribution in [2.75, 3.05) is 0 Å². The highest BCUT2D eigenvalue weighted by molar-refractivity contribution is 6.30. The predicted molar refractivity (Wildman–Crippen MR) is 57.7 cm³/mol. The van der Waals surface area contributed by atoms with Crippen molar-refractivity contribution in [3.8, 4) is 0 Å². The van der Waals surface area contributed by atoms with Gasteiger partial charge in [-0.25, -0.2) is 4.79 Å². The fraction of sp³-hybridized carbons (Fsp3) is 0.556. The quantitative estimate of drug-likeness (QED) is 0.808. The monoisotopic (exact) mass is 250 g/mol. The molecule has 84 valence electrons. The first kappa shape index (κ1) is 12.3. The summed E-state index contributed by atoms with van der Waals surface area (Å²) in [6, 6.07) is -0.491. The zero-order valence-corrected chi connectivity index (χ0v) is 9.83. The highest BCUT2D eigenvalue weighted by Gasteiger charge is 2.22. The summed E-state index contributed by atoms with van der Waals surface area (Å²) in [6.45, 7) is 2.04. The number of hydrogen-bond donors (Lipinski definition) is 0. The van der Waals surface area contributed by atoms with E-state index in [0.29, 0.717) is 11.4 Å². The average molecular weight is 251 g/mol. The van der Waals surface area contributed by atoms with E-state index in [1.54, 1.807) is 6.20 Å². The van der Waals surface area contributed by atoms with E-state index < -0.39 is 12.0 Å². The van der Waals surface area contributed by atoms with E-state index in [2.05, 4.69) is 9.39 Å². The van der Waals surface area contributed by atoms with Crippen LogP contribution in [0.4, 0.5) is 0 Å². The topological polar surface area (TPSA) is 44.1 Å². The van der Waals surface area contributed by atoms with E-state index in [0.717, 1.165) is 12.8 Å². The summed E-state index contributed by atoms with van der Waals surface area (Å²) in [5.41, 5.74) is 0. The highest BCUT2D eigenvalue weighted by atomic mass is 35.5. The van der Waals surface area contributed by atoms with Crippen LogP contribution >= 0.6 is 23.5 Å². The molecule has 0 saturated carbocycles. The van der Waals surface area contributed by atoms with E-state index in [1.165, 1.54) is 10.9 Å². The molecule has 0 spiro atoms. The molecule has 0 N–H and O–H groups in total. The second-order valence-electron chi connectivity index (χ2n) is 3.19. The Balaban J connectivity index is 2.76. The van der Waals surface area contributed by atoms with E-state index in [-0.39, 0.29) is 0 Å². The molecule has 1 aromatic heterocycles. The molecule has 1 aromatic rings. The minimum Gasteiger partial charge on any atom is -0.345 e. The molecule has 0 fully saturated rings. The molecule has 0 aliphatic heterocycles. The van der Waals surface area contributed by atoms with E-state index in [4.69, 9.17) is 23.5 Å². The molecule has 1 heterocycles. The molecular weight excluding hydrogens is 239 g/mol. The highest BCUT2D eigenvalue weighted by Crippen LogP contribution is 2.19. The average Bonchev–Trinajstić information content (AvgIpc) is 2.65. The molecule has 1 rings (SSSR count). The summed E-state index contributed by atoms with van der Waals surface area (Å²) < 4.78 is 5.68. The molecule has 4 nitrogen and oxygen atoms in total. The number of rotatable bonds is 5. The van der Waals surface area contributed by atoms with Gasteiger partial charge in [0.2, 0.25) is 0 Å². The Morgan fingerprint density at radius 1 is 1.73 bits per heavy atom. The van der Waals surface area contributed by atoms with Crippen molar-refractivity contribution in [3.63, 3.8) is 0 Å². The third-order valence-electron chi connectivity index (χ3n) is 2.07. The van der Waals surface area contributed by atoms with Gasteiger partial charge in [-0.1, -0.05) is 31.4 Å². The van der Waals surface area contributed by atoms with Gasteiger partial charge in [0.15, 0.2) is 6.04 Å². The first-order valence-electron chi connectivity index (χ1n) is 4.71. The van der Waals surface area contributed by atoms with Crippen LogP contribution in [0.3, 0.4) is 0 Å². The molecule has 0 aliphatic carbocycles. The third kappa shape index (κ3) is 3.39. The number of halogens is 2. The number of unbranched alkanes of at least 4 members (excludes halogenated alkanes) is 1. The number of carbonyl (C=O) groups is 1.